The molecule has 1 aromatic carbocycles. The third kappa shape index (κ3) is 4.69. The second-order valence-electron chi connectivity index (χ2n) is 5.67. The number of nitrogens with zero attached hydrogens (tertiary/aromatic N) is 2. The molecule has 26 heavy (non-hydrogen) atoms. The van der Waals surface area contributed by atoms with Crippen LogP contribution in [0.2, 0.25) is 5.02 Å². The van der Waals surface area contributed by atoms with Crippen molar-refractivity contribution in [1.82, 2.24) is 4.90 Å². The Bertz CT molecular complexity index is 729. The number of hydrogen-bond donors (Lipinski definition) is 0. The first-order chi connectivity index (χ1) is 12.3. The summed E-state index contributed by atoms with van der Waals surface area (Å²) in [6.45, 7) is 0.131. The number of carbonyl (C=O) groups is 3. The van der Waals surface area contributed by atoms with Gasteiger partial charge in [0, 0.05) is 24.2 Å². The van der Waals surface area contributed by atoms with E-state index in [1.54, 1.807) is 0 Å². The van der Waals surface area contributed by atoms with Gasteiger partial charge >= 0.3 is 11.9 Å². The summed E-state index contributed by atoms with van der Waals surface area (Å²) in [5.74, 6) is -2.00. The molecular formula is C16H17ClN2O7. The standard InChI is InChI=1S/C16H17ClN2O7/c1-25-15(21)10-4-6-18(7-5-10)14(20)9-26-16(22)12-8-11(17)2-3-13(12)19(23)24/h2-3,8,10H,4-7,9H2,1H3. The van der Waals surface area contributed by atoms with Gasteiger partial charge in [-0.1, -0.05) is 11.6 Å². The van der Waals surface area contributed by atoms with Crippen molar-refractivity contribution in [2.45, 2.75) is 12.8 Å². The average molecular weight is 385 g/mol. The van der Waals surface area contributed by atoms with Crippen LogP contribution in [0.25, 0.3) is 0 Å². The van der Waals surface area contributed by atoms with Crippen LogP contribution in [0, 0.1) is 16.0 Å². The van der Waals surface area contributed by atoms with Crippen LogP contribution in [0.5, 0.6) is 0 Å². The lowest BCUT2D eigenvalue weighted by Gasteiger charge is -2.30. The summed E-state index contributed by atoms with van der Waals surface area (Å²) in [7, 11) is 1.31. The molecular weight excluding hydrogens is 368 g/mol. The quantitative estimate of drug-likeness (QED) is 0.431. The molecule has 0 aliphatic carbocycles. The molecule has 10 heteroatoms. The molecule has 0 aromatic heterocycles. The molecule has 0 atom stereocenters. The largest absolute Gasteiger partial charge is 0.469 e. The Morgan fingerprint density at radius 1 is 1.31 bits per heavy atom. The Morgan fingerprint density at radius 2 is 1.96 bits per heavy atom. The van der Waals surface area contributed by atoms with Gasteiger partial charge in [0.2, 0.25) is 0 Å². The molecule has 0 N–H and O–H groups in total. The molecule has 1 amide bonds. The number of esters is 2. The van der Waals surface area contributed by atoms with Gasteiger partial charge in [-0.2, -0.15) is 0 Å². The van der Waals surface area contributed by atoms with Crippen LogP contribution in [-0.4, -0.2) is 54.5 Å². The second-order valence-corrected chi connectivity index (χ2v) is 6.11. The molecule has 1 aliphatic rings. The molecule has 0 unspecified atom stereocenters. The van der Waals surface area contributed by atoms with Gasteiger partial charge in [0.1, 0.15) is 5.56 Å². The zero-order valence-corrected chi connectivity index (χ0v) is 14.7. The van der Waals surface area contributed by atoms with E-state index >= 15 is 0 Å². The summed E-state index contributed by atoms with van der Waals surface area (Å²) in [4.78, 5) is 47.4. The smallest absolute Gasteiger partial charge is 0.345 e. The molecule has 2 rings (SSSR count). The summed E-state index contributed by atoms with van der Waals surface area (Å²) < 4.78 is 9.58. The van der Waals surface area contributed by atoms with Crippen LogP contribution in [0.3, 0.4) is 0 Å². The minimum atomic E-state index is -1.00. The summed E-state index contributed by atoms with van der Waals surface area (Å²) >= 11 is 5.76. The molecule has 0 bridgehead atoms. The number of likely N-dealkylation sites (tertiary alicyclic amines) is 1. The van der Waals surface area contributed by atoms with Gasteiger partial charge in [0.15, 0.2) is 6.61 Å². The molecule has 140 valence electrons. The SMILES string of the molecule is COC(=O)C1CCN(C(=O)COC(=O)c2cc(Cl)ccc2[N+](=O)[O-])CC1. The predicted molar refractivity (Wildman–Crippen MR) is 89.7 cm³/mol. The Balaban J connectivity index is 1.92. The second kappa shape index (κ2) is 8.61. The van der Waals surface area contributed by atoms with E-state index < -0.39 is 29.1 Å². The van der Waals surface area contributed by atoms with Crippen LogP contribution in [0.4, 0.5) is 5.69 Å². The molecule has 9 nitrogen and oxygen atoms in total. The van der Waals surface area contributed by atoms with E-state index in [9.17, 15) is 24.5 Å². The number of benzene rings is 1. The summed E-state index contributed by atoms with van der Waals surface area (Å²) in [6.07, 6.45) is 0.929. The van der Waals surface area contributed by atoms with Crippen LogP contribution in [0.1, 0.15) is 23.2 Å². The van der Waals surface area contributed by atoms with Gasteiger partial charge in [-0.25, -0.2) is 4.79 Å². The fourth-order valence-electron chi connectivity index (χ4n) is 2.66. The van der Waals surface area contributed by atoms with Crippen molar-refractivity contribution >= 4 is 35.1 Å². The Hall–Kier alpha value is -2.68. The first-order valence-corrected chi connectivity index (χ1v) is 8.18. The van der Waals surface area contributed by atoms with E-state index in [4.69, 9.17) is 16.3 Å². The fraction of sp³-hybridized carbons (Fsp3) is 0.438. The monoisotopic (exact) mass is 384 g/mol. The van der Waals surface area contributed by atoms with Crippen molar-refractivity contribution in [2.75, 3.05) is 26.8 Å². The van der Waals surface area contributed by atoms with Crippen LogP contribution in [-0.2, 0) is 19.1 Å². The molecule has 1 heterocycles. The van der Waals surface area contributed by atoms with E-state index in [1.165, 1.54) is 18.1 Å². The lowest BCUT2D eigenvalue weighted by Crippen LogP contribution is -2.42. The molecule has 0 radical (unpaired) electrons. The van der Waals surface area contributed by atoms with Gasteiger partial charge in [-0.3, -0.25) is 19.7 Å². The van der Waals surface area contributed by atoms with Gasteiger partial charge in [-0.15, -0.1) is 0 Å². The van der Waals surface area contributed by atoms with E-state index in [2.05, 4.69) is 4.74 Å². The lowest BCUT2D eigenvalue weighted by molar-refractivity contribution is -0.385. The summed E-state index contributed by atoms with van der Waals surface area (Å²) in [5.41, 5.74) is -0.773. The van der Waals surface area contributed by atoms with Crippen LogP contribution < -0.4 is 0 Å². The highest BCUT2D eigenvalue weighted by atomic mass is 35.5. The number of rotatable bonds is 5. The third-order valence-electron chi connectivity index (χ3n) is 4.08. The number of ether oxygens (including phenoxy) is 2. The zero-order valence-electron chi connectivity index (χ0n) is 14.0. The van der Waals surface area contributed by atoms with Gasteiger partial charge in [-0.05, 0) is 25.0 Å². The molecule has 0 spiro atoms. The van der Waals surface area contributed by atoms with E-state index in [-0.39, 0.29) is 22.5 Å². The maximum absolute atomic E-state index is 12.1. The zero-order chi connectivity index (χ0) is 19.3. The maximum atomic E-state index is 12.1. The van der Waals surface area contributed by atoms with E-state index in [0.29, 0.717) is 25.9 Å². The fourth-order valence-corrected chi connectivity index (χ4v) is 2.83. The van der Waals surface area contributed by atoms with Crippen LogP contribution >= 0.6 is 11.6 Å². The van der Waals surface area contributed by atoms with E-state index in [1.807, 2.05) is 0 Å². The first kappa shape index (κ1) is 19.6. The highest BCUT2D eigenvalue weighted by molar-refractivity contribution is 6.31. The third-order valence-corrected chi connectivity index (χ3v) is 4.32. The van der Waals surface area contributed by atoms with Crippen molar-refractivity contribution < 1.29 is 28.8 Å². The molecule has 0 saturated carbocycles. The maximum Gasteiger partial charge on any atom is 0.345 e. The number of nitro groups is 1. The van der Waals surface area contributed by atoms with Gasteiger partial charge in [0.05, 0.1) is 18.0 Å². The number of piperidine rings is 1. The highest BCUT2D eigenvalue weighted by Gasteiger charge is 2.29. The Kier molecular flexibility index (Phi) is 6.51. The van der Waals surface area contributed by atoms with Crippen LogP contribution in [0.15, 0.2) is 18.2 Å². The molecule has 1 aromatic rings. The number of carbonyl (C=O) groups excluding carboxylic acids is 3. The van der Waals surface area contributed by atoms with Gasteiger partial charge < -0.3 is 14.4 Å². The lowest BCUT2D eigenvalue weighted by atomic mass is 9.97. The highest BCUT2D eigenvalue weighted by Crippen LogP contribution is 2.24. The minimum absolute atomic E-state index is 0.138. The molecule has 1 fully saturated rings. The molecule has 1 saturated heterocycles. The minimum Gasteiger partial charge on any atom is -0.469 e. The topological polar surface area (TPSA) is 116 Å². The normalized spacial score (nSPS) is 14.6. The molecule has 1 aliphatic heterocycles. The number of halogens is 1. The summed E-state index contributed by atoms with van der Waals surface area (Å²) in [6, 6.07) is 3.50. The number of hydrogen-bond acceptors (Lipinski definition) is 7. The number of nitro benzene ring substituents is 1. The predicted octanol–water partition coefficient (Wildman–Crippen LogP) is 1.82. The Labute approximate surface area is 154 Å². The van der Waals surface area contributed by atoms with Crippen molar-refractivity contribution in [2.24, 2.45) is 5.92 Å². The van der Waals surface area contributed by atoms with Crippen molar-refractivity contribution in [1.29, 1.82) is 0 Å². The average Bonchev–Trinajstić information content (AvgIpc) is 2.64. The van der Waals surface area contributed by atoms with Crippen molar-refractivity contribution in [3.63, 3.8) is 0 Å². The van der Waals surface area contributed by atoms with Crippen molar-refractivity contribution in [3.8, 4) is 0 Å². The summed E-state index contributed by atoms with van der Waals surface area (Å²) in [5, 5.41) is 11.1. The van der Waals surface area contributed by atoms with Gasteiger partial charge in [0.25, 0.3) is 11.6 Å². The van der Waals surface area contributed by atoms with E-state index in [0.717, 1.165) is 12.1 Å². The first-order valence-electron chi connectivity index (χ1n) is 7.80. The Morgan fingerprint density at radius 3 is 2.54 bits per heavy atom. The number of amides is 1. The number of methoxy groups -OCH3 is 1. The van der Waals surface area contributed by atoms with Crippen molar-refractivity contribution in [3.05, 3.63) is 38.9 Å².